The molecule has 2 aliphatic rings. The minimum absolute atomic E-state index is 0.0314. The Morgan fingerprint density at radius 2 is 1.82 bits per heavy atom. The number of alkyl halides is 3. The standard InChI is InChI=1S/C24H35F3N2O4S/c1-6-16-13-23(31)12-15(2)11-17(14-23)20(16)28-21(30)22(3,4)29(5)34(32,33)19-10-8-7-9-18(19)24(25,26)27/h7-10,15-17,20,31H,6,11-14H2,1-5H3,(H,28,30). The van der Waals surface area contributed by atoms with Crippen LogP contribution < -0.4 is 5.32 Å². The zero-order chi connectivity index (χ0) is 25.7. The van der Waals surface area contributed by atoms with Crippen molar-refractivity contribution in [2.75, 3.05) is 7.05 Å². The van der Waals surface area contributed by atoms with Gasteiger partial charge in [0.2, 0.25) is 15.9 Å². The van der Waals surface area contributed by atoms with Crippen LogP contribution in [0.1, 0.15) is 65.4 Å². The fourth-order valence-corrected chi connectivity index (χ4v) is 7.51. The van der Waals surface area contributed by atoms with Gasteiger partial charge in [-0.1, -0.05) is 32.4 Å². The third-order valence-electron chi connectivity index (χ3n) is 7.73. The Hall–Kier alpha value is -1.65. The number of aliphatic hydroxyl groups is 1. The van der Waals surface area contributed by atoms with Gasteiger partial charge in [0.1, 0.15) is 5.54 Å². The smallest absolute Gasteiger partial charge is 0.390 e. The number of carbonyl (C=O) groups excluding carboxylic acids is 1. The molecule has 34 heavy (non-hydrogen) atoms. The molecule has 0 aromatic heterocycles. The molecule has 2 fully saturated rings. The summed E-state index contributed by atoms with van der Waals surface area (Å²) in [6.07, 6.45) is -1.41. The van der Waals surface area contributed by atoms with Crippen LogP contribution in [0.4, 0.5) is 13.2 Å². The number of sulfonamides is 1. The molecule has 2 bridgehead atoms. The maximum absolute atomic E-state index is 13.5. The molecule has 10 heteroatoms. The zero-order valence-corrected chi connectivity index (χ0v) is 21.1. The van der Waals surface area contributed by atoms with Gasteiger partial charge in [0.25, 0.3) is 0 Å². The van der Waals surface area contributed by atoms with Crippen molar-refractivity contribution in [2.45, 2.75) is 88.1 Å². The molecule has 5 unspecified atom stereocenters. The van der Waals surface area contributed by atoms with Gasteiger partial charge in [0.15, 0.2) is 0 Å². The molecule has 1 aromatic carbocycles. The number of nitrogens with one attached hydrogen (secondary N) is 1. The lowest BCUT2D eigenvalue weighted by Crippen LogP contribution is -2.62. The lowest BCUT2D eigenvalue weighted by Gasteiger charge is -2.52. The predicted octanol–water partition coefficient (Wildman–Crippen LogP) is 4.19. The molecular formula is C24H35F3N2O4S. The fraction of sp³-hybridized carbons (Fsp3) is 0.708. The highest BCUT2D eigenvalue weighted by molar-refractivity contribution is 7.89. The molecular weight excluding hydrogens is 469 g/mol. The van der Waals surface area contributed by atoms with Gasteiger partial charge in [0.05, 0.1) is 16.1 Å². The summed E-state index contributed by atoms with van der Waals surface area (Å²) in [6, 6.07) is 3.73. The zero-order valence-electron chi connectivity index (χ0n) is 20.3. The molecule has 0 aliphatic heterocycles. The SMILES string of the molecule is CCC1CC2(O)CC(C)CC(C2)C1NC(=O)C(C)(C)N(C)S(=O)(=O)c1ccccc1C(F)(F)F. The van der Waals surface area contributed by atoms with Gasteiger partial charge in [-0.2, -0.15) is 17.5 Å². The van der Waals surface area contributed by atoms with Crippen LogP contribution in [0, 0.1) is 17.8 Å². The Morgan fingerprint density at radius 3 is 2.41 bits per heavy atom. The van der Waals surface area contributed by atoms with Crippen molar-refractivity contribution in [2.24, 2.45) is 17.8 Å². The molecule has 1 amide bonds. The molecule has 6 nitrogen and oxygen atoms in total. The van der Waals surface area contributed by atoms with Crippen LogP contribution in [-0.2, 0) is 21.0 Å². The summed E-state index contributed by atoms with van der Waals surface area (Å²) in [7, 11) is -3.51. The van der Waals surface area contributed by atoms with E-state index in [0.717, 1.165) is 38.4 Å². The van der Waals surface area contributed by atoms with Gasteiger partial charge in [-0.3, -0.25) is 4.79 Å². The summed E-state index contributed by atoms with van der Waals surface area (Å²) in [5.74, 6) is -0.185. The van der Waals surface area contributed by atoms with Crippen molar-refractivity contribution in [3.8, 4) is 0 Å². The Morgan fingerprint density at radius 1 is 1.21 bits per heavy atom. The Labute approximate surface area is 200 Å². The predicted molar refractivity (Wildman–Crippen MR) is 122 cm³/mol. The molecule has 2 N–H and O–H groups in total. The highest BCUT2D eigenvalue weighted by atomic mass is 32.2. The minimum Gasteiger partial charge on any atom is -0.390 e. The number of benzene rings is 1. The van der Waals surface area contributed by atoms with E-state index >= 15 is 0 Å². The van der Waals surface area contributed by atoms with Crippen LogP contribution in [-0.4, -0.2) is 48.0 Å². The normalized spacial score (nSPS) is 30.3. The number of fused-ring (bicyclic) bond motifs is 2. The quantitative estimate of drug-likeness (QED) is 0.608. The van der Waals surface area contributed by atoms with E-state index in [1.54, 1.807) is 0 Å². The highest BCUT2D eigenvalue weighted by Gasteiger charge is 2.51. The number of carbonyl (C=O) groups is 1. The monoisotopic (exact) mass is 504 g/mol. The Balaban J connectivity index is 1.88. The van der Waals surface area contributed by atoms with Crippen molar-refractivity contribution < 1.29 is 31.5 Å². The van der Waals surface area contributed by atoms with Crippen LogP contribution in [0.15, 0.2) is 29.2 Å². The van der Waals surface area contributed by atoms with Crippen LogP contribution in [0.25, 0.3) is 0 Å². The summed E-state index contributed by atoms with van der Waals surface area (Å²) < 4.78 is 67.6. The minimum atomic E-state index is -4.86. The number of likely N-dealkylation sites (N-methyl/N-ethyl adjacent to an activating group) is 1. The third kappa shape index (κ3) is 4.99. The molecule has 0 radical (unpaired) electrons. The molecule has 5 atom stereocenters. The van der Waals surface area contributed by atoms with Crippen molar-refractivity contribution in [1.29, 1.82) is 0 Å². The second-order valence-electron chi connectivity index (χ2n) is 10.6. The molecule has 192 valence electrons. The molecule has 2 saturated carbocycles. The van der Waals surface area contributed by atoms with Crippen molar-refractivity contribution in [1.82, 2.24) is 9.62 Å². The summed E-state index contributed by atoms with van der Waals surface area (Å²) >= 11 is 0. The van der Waals surface area contributed by atoms with Crippen molar-refractivity contribution in [3.63, 3.8) is 0 Å². The second-order valence-corrected chi connectivity index (χ2v) is 12.6. The lowest BCUT2D eigenvalue weighted by molar-refractivity contribution is -0.140. The van der Waals surface area contributed by atoms with Gasteiger partial charge in [0, 0.05) is 13.1 Å². The Kier molecular flexibility index (Phi) is 7.21. The average Bonchev–Trinajstić information content (AvgIpc) is 2.73. The number of hydrogen-bond acceptors (Lipinski definition) is 4. The topological polar surface area (TPSA) is 86.7 Å². The molecule has 0 saturated heterocycles. The summed E-state index contributed by atoms with van der Waals surface area (Å²) in [5, 5.41) is 14.0. The van der Waals surface area contributed by atoms with Gasteiger partial charge in [-0.05, 0) is 69.4 Å². The third-order valence-corrected chi connectivity index (χ3v) is 9.82. The first-order valence-electron chi connectivity index (χ1n) is 11.7. The largest absolute Gasteiger partial charge is 0.417 e. The van der Waals surface area contributed by atoms with Gasteiger partial charge in [-0.15, -0.1) is 0 Å². The molecule has 2 aliphatic carbocycles. The van der Waals surface area contributed by atoms with Crippen molar-refractivity contribution >= 4 is 15.9 Å². The first-order chi connectivity index (χ1) is 15.5. The summed E-state index contributed by atoms with van der Waals surface area (Å²) in [4.78, 5) is 12.5. The van der Waals surface area contributed by atoms with E-state index in [1.807, 2.05) is 6.92 Å². The second kappa shape index (κ2) is 9.09. The number of rotatable bonds is 6. The van der Waals surface area contributed by atoms with Crippen LogP contribution in [0.5, 0.6) is 0 Å². The Bertz CT molecular complexity index is 1030. The number of amides is 1. The van der Waals surface area contributed by atoms with E-state index in [1.165, 1.54) is 19.9 Å². The van der Waals surface area contributed by atoms with E-state index in [4.69, 9.17) is 0 Å². The van der Waals surface area contributed by atoms with E-state index < -0.39 is 43.7 Å². The van der Waals surface area contributed by atoms with Crippen LogP contribution in [0.3, 0.4) is 0 Å². The van der Waals surface area contributed by atoms with Crippen LogP contribution >= 0.6 is 0 Å². The van der Waals surface area contributed by atoms with Gasteiger partial charge in [-0.25, -0.2) is 8.42 Å². The molecule has 3 rings (SSSR count). The highest BCUT2D eigenvalue weighted by Crippen LogP contribution is 2.48. The van der Waals surface area contributed by atoms with E-state index in [0.29, 0.717) is 29.1 Å². The fourth-order valence-electron chi connectivity index (χ4n) is 5.82. The number of halogens is 3. The molecule has 0 heterocycles. The van der Waals surface area contributed by atoms with E-state index in [-0.39, 0.29) is 17.9 Å². The average molecular weight is 505 g/mol. The summed E-state index contributed by atoms with van der Waals surface area (Å²) in [5.41, 5.74) is -3.67. The molecule has 1 aromatic rings. The maximum atomic E-state index is 13.5. The van der Waals surface area contributed by atoms with Gasteiger partial charge < -0.3 is 10.4 Å². The van der Waals surface area contributed by atoms with E-state index in [9.17, 15) is 31.5 Å². The number of hydrogen-bond donors (Lipinski definition) is 2. The lowest BCUT2D eigenvalue weighted by atomic mass is 9.59. The summed E-state index contributed by atoms with van der Waals surface area (Å²) in [6.45, 7) is 6.84. The van der Waals surface area contributed by atoms with Crippen molar-refractivity contribution in [3.05, 3.63) is 29.8 Å². The molecule has 0 spiro atoms. The first-order valence-corrected chi connectivity index (χ1v) is 13.2. The number of nitrogens with zero attached hydrogens (tertiary/aromatic N) is 1. The first kappa shape index (κ1) is 26.9. The van der Waals surface area contributed by atoms with Crippen LogP contribution in [0.2, 0.25) is 0 Å². The van der Waals surface area contributed by atoms with Gasteiger partial charge >= 0.3 is 6.18 Å². The van der Waals surface area contributed by atoms with E-state index in [2.05, 4.69) is 12.2 Å². The maximum Gasteiger partial charge on any atom is 0.417 e.